The lowest BCUT2D eigenvalue weighted by molar-refractivity contribution is -0.384. The third-order valence-electron chi connectivity index (χ3n) is 2.76. The fraction of sp³-hybridized carbons (Fsp3) is 0. The standard InChI is InChI=1S/C15H10ClNO4/c16-13-9-10(2-8-15(13)19)1-7-14(18)11-3-5-12(6-4-11)17(20)21/h1-9,19H. The number of nitro benzene ring substituents is 1. The van der Waals surface area contributed by atoms with Gasteiger partial charge in [-0.25, -0.2) is 0 Å². The number of nitro groups is 1. The highest BCUT2D eigenvalue weighted by atomic mass is 35.5. The van der Waals surface area contributed by atoms with E-state index in [0.29, 0.717) is 11.1 Å². The summed E-state index contributed by atoms with van der Waals surface area (Å²) < 4.78 is 0. The molecular formula is C15H10ClNO4. The van der Waals surface area contributed by atoms with E-state index >= 15 is 0 Å². The molecule has 106 valence electrons. The summed E-state index contributed by atoms with van der Waals surface area (Å²) >= 11 is 5.76. The molecule has 2 rings (SSSR count). The van der Waals surface area contributed by atoms with Gasteiger partial charge < -0.3 is 5.11 Å². The van der Waals surface area contributed by atoms with Gasteiger partial charge in [0.2, 0.25) is 0 Å². The lowest BCUT2D eigenvalue weighted by Gasteiger charge is -1.98. The van der Waals surface area contributed by atoms with Gasteiger partial charge in [0, 0.05) is 17.7 Å². The number of carbonyl (C=O) groups is 1. The van der Waals surface area contributed by atoms with Crippen LogP contribution in [-0.2, 0) is 0 Å². The average molecular weight is 304 g/mol. The van der Waals surface area contributed by atoms with Gasteiger partial charge in [0.25, 0.3) is 5.69 Å². The number of phenols is 1. The lowest BCUT2D eigenvalue weighted by Crippen LogP contribution is -1.95. The van der Waals surface area contributed by atoms with Gasteiger partial charge in [0.1, 0.15) is 5.75 Å². The van der Waals surface area contributed by atoms with Crippen LogP contribution < -0.4 is 0 Å². The Bertz CT molecular complexity index is 723. The minimum absolute atomic E-state index is 0.0319. The first-order valence-corrected chi connectivity index (χ1v) is 6.30. The number of rotatable bonds is 4. The number of hydrogen-bond donors (Lipinski definition) is 1. The van der Waals surface area contributed by atoms with E-state index in [2.05, 4.69) is 0 Å². The molecule has 0 aliphatic heterocycles. The van der Waals surface area contributed by atoms with Gasteiger partial charge in [-0.2, -0.15) is 0 Å². The van der Waals surface area contributed by atoms with Gasteiger partial charge >= 0.3 is 0 Å². The molecule has 0 saturated heterocycles. The highest BCUT2D eigenvalue weighted by Gasteiger charge is 2.07. The van der Waals surface area contributed by atoms with Crippen molar-refractivity contribution in [2.45, 2.75) is 0 Å². The maximum atomic E-state index is 11.9. The second kappa shape index (κ2) is 6.19. The third-order valence-corrected chi connectivity index (χ3v) is 3.06. The van der Waals surface area contributed by atoms with Gasteiger partial charge in [0.05, 0.1) is 9.95 Å². The molecule has 0 atom stereocenters. The SMILES string of the molecule is O=C(C=Cc1ccc(O)c(Cl)c1)c1ccc([N+](=O)[O-])cc1. The Balaban J connectivity index is 2.14. The van der Waals surface area contributed by atoms with Crippen molar-refractivity contribution in [2.75, 3.05) is 0 Å². The quantitative estimate of drug-likeness (QED) is 0.402. The molecule has 1 N–H and O–H groups in total. The van der Waals surface area contributed by atoms with E-state index in [4.69, 9.17) is 11.6 Å². The fourth-order valence-corrected chi connectivity index (χ4v) is 1.83. The largest absolute Gasteiger partial charge is 0.506 e. The molecule has 6 heteroatoms. The molecule has 0 unspecified atom stereocenters. The maximum absolute atomic E-state index is 11.9. The maximum Gasteiger partial charge on any atom is 0.269 e. The summed E-state index contributed by atoms with van der Waals surface area (Å²) in [6.07, 6.45) is 2.89. The first-order chi connectivity index (χ1) is 9.97. The summed E-state index contributed by atoms with van der Waals surface area (Å²) in [5, 5.41) is 20.0. The number of nitrogens with zero attached hydrogens (tertiary/aromatic N) is 1. The molecule has 0 bridgehead atoms. The number of carbonyl (C=O) groups excluding carboxylic acids is 1. The Kier molecular flexibility index (Phi) is 4.35. The van der Waals surface area contributed by atoms with Gasteiger partial charge in [-0.15, -0.1) is 0 Å². The summed E-state index contributed by atoms with van der Waals surface area (Å²) in [5.41, 5.74) is 0.940. The van der Waals surface area contributed by atoms with Gasteiger partial charge in [-0.3, -0.25) is 14.9 Å². The van der Waals surface area contributed by atoms with Crippen LogP contribution in [0.3, 0.4) is 0 Å². The lowest BCUT2D eigenvalue weighted by atomic mass is 10.1. The summed E-state index contributed by atoms with van der Waals surface area (Å²) in [6, 6.07) is 9.91. The smallest absolute Gasteiger partial charge is 0.269 e. The molecule has 2 aromatic rings. The van der Waals surface area contributed by atoms with Crippen LogP contribution >= 0.6 is 11.6 Å². The van der Waals surface area contributed by atoms with Crippen molar-refractivity contribution in [3.8, 4) is 5.75 Å². The van der Waals surface area contributed by atoms with Crippen LogP contribution in [0.25, 0.3) is 6.08 Å². The van der Waals surface area contributed by atoms with E-state index in [1.54, 1.807) is 12.1 Å². The second-order valence-corrected chi connectivity index (χ2v) is 4.62. The van der Waals surface area contributed by atoms with E-state index in [0.717, 1.165) is 0 Å². The highest BCUT2D eigenvalue weighted by molar-refractivity contribution is 6.32. The van der Waals surface area contributed by atoms with E-state index in [9.17, 15) is 20.0 Å². The zero-order chi connectivity index (χ0) is 15.4. The van der Waals surface area contributed by atoms with Crippen molar-refractivity contribution in [1.82, 2.24) is 0 Å². The molecular weight excluding hydrogens is 294 g/mol. The van der Waals surface area contributed by atoms with Crippen LogP contribution in [0.5, 0.6) is 5.75 Å². The molecule has 5 nitrogen and oxygen atoms in total. The molecule has 0 amide bonds. The third kappa shape index (κ3) is 3.67. The second-order valence-electron chi connectivity index (χ2n) is 4.21. The Labute approximate surface area is 125 Å². The number of halogens is 1. The average Bonchev–Trinajstić information content (AvgIpc) is 2.48. The van der Waals surface area contributed by atoms with Crippen molar-refractivity contribution in [1.29, 1.82) is 0 Å². The number of ketones is 1. The van der Waals surface area contributed by atoms with E-state index < -0.39 is 4.92 Å². The highest BCUT2D eigenvalue weighted by Crippen LogP contribution is 2.24. The Morgan fingerprint density at radius 2 is 1.86 bits per heavy atom. The van der Waals surface area contributed by atoms with Crippen LogP contribution in [0.2, 0.25) is 5.02 Å². The van der Waals surface area contributed by atoms with E-state index in [1.165, 1.54) is 42.5 Å². The van der Waals surface area contributed by atoms with Crippen molar-refractivity contribution in [3.05, 3.63) is 74.8 Å². The molecule has 0 spiro atoms. The zero-order valence-electron chi connectivity index (χ0n) is 10.7. The van der Waals surface area contributed by atoms with Crippen molar-refractivity contribution < 1.29 is 14.8 Å². The van der Waals surface area contributed by atoms with Crippen molar-refractivity contribution in [3.63, 3.8) is 0 Å². The minimum atomic E-state index is -0.525. The van der Waals surface area contributed by atoms with Crippen LogP contribution in [0, 0.1) is 10.1 Å². The Hall–Kier alpha value is -2.66. The van der Waals surface area contributed by atoms with Crippen molar-refractivity contribution in [2.24, 2.45) is 0 Å². The summed E-state index contributed by atoms with van der Waals surface area (Å²) in [5.74, 6) is -0.315. The molecule has 0 aliphatic rings. The van der Waals surface area contributed by atoms with Crippen LogP contribution in [0.4, 0.5) is 5.69 Å². The fourth-order valence-electron chi connectivity index (χ4n) is 1.64. The number of allylic oxidation sites excluding steroid dienone is 1. The predicted octanol–water partition coefficient (Wildman–Crippen LogP) is 3.85. The van der Waals surface area contributed by atoms with Crippen LogP contribution in [0.1, 0.15) is 15.9 Å². The molecule has 2 aromatic carbocycles. The number of non-ortho nitro benzene ring substituents is 1. The van der Waals surface area contributed by atoms with Gasteiger partial charge in [-0.05, 0) is 35.9 Å². The minimum Gasteiger partial charge on any atom is -0.506 e. The number of hydrogen-bond acceptors (Lipinski definition) is 4. The Morgan fingerprint density at radius 3 is 2.43 bits per heavy atom. The summed E-state index contributed by atoms with van der Waals surface area (Å²) in [4.78, 5) is 21.9. The number of phenolic OH excluding ortho intramolecular Hbond substituents is 1. The van der Waals surface area contributed by atoms with E-state index in [1.807, 2.05) is 0 Å². The molecule has 0 fully saturated rings. The van der Waals surface area contributed by atoms with Crippen molar-refractivity contribution >= 4 is 29.1 Å². The van der Waals surface area contributed by atoms with Crippen LogP contribution in [-0.4, -0.2) is 15.8 Å². The molecule has 21 heavy (non-hydrogen) atoms. The molecule has 0 saturated carbocycles. The molecule has 0 aliphatic carbocycles. The van der Waals surface area contributed by atoms with Gasteiger partial charge in [0.15, 0.2) is 5.78 Å². The van der Waals surface area contributed by atoms with Crippen LogP contribution in [0.15, 0.2) is 48.5 Å². The molecule has 0 radical (unpaired) electrons. The van der Waals surface area contributed by atoms with Gasteiger partial charge in [-0.1, -0.05) is 23.7 Å². The first kappa shape index (κ1) is 14.7. The number of benzene rings is 2. The molecule has 0 aromatic heterocycles. The zero-order valence-corrected chi connectivity index (χ0v) is 11.4. The predicted molar refractivity (Wildman–Crippen MR) is 79.6 cm³/mol. The first-order valence-electron chi connectivity index (χ1n) is 5.93. The topological polar surface area (TPSA) is 80.4 Å². The monoisotopic (exact) mass is 303 g/mol. The number of aromatic hydroxyl groups is 1. The summed E-state index contributed by atoms with van der Waals surface area (Å²) in [6.45, 7) is 0. The summed E-state index contributed by atoms with van der Waals surface area (Å²) in [7, 11) is 0. The van der Waals surface area contributed by atoms with E-state index in [-0.39, 0.29) is 22.2 Å². The molecule has 0 heterocycles. The Morgan fingerprint density at radius 1 is 1.19 bits per heavy atom. The normalized spacial score (nSPS) is 10.7.